The maximum atomic E-state index is 12.0. The lowest BCUT2D eigenvalue weighted by atomic mass is 9.56. The first-order chi connectivity index (χ1) is 12.1. The molecule has 3 fully saturated rings. The Balaban J connectivity index is 1.64. The third kappa shape index (κ3) is 2.06. The molecule has 1 aromatic carbocycles. The topological polar surface area (TPSA) is 56.5 Å². The maximum absolute atomic E-state index is 12.0. The number of fused-ring (bicyclic) bond motifs is 1. The average molecular weight is 338 g/mol. The molecule has 2 bridgehead atoms. The fraction of sp³-hybridized carbons (Fsp3) is 0.667. The summed E-state index contributed by atoms with van der Waals surface area (Å²) < 4.78 is 5.47. The van der Waals surface area contributed by atoms with Crippen molar-refractivity contribution in [1.82, 2.24) is 4.90 Å². The van der Waals surface area contributed by atoms with Crippen molar-refractivity contribution in [2.45, 2.75) is 55.6 Å². The third-order valence-corrected chi connectivity index (χ3v) is 7.42. The van der Waals surface area contributed by atoms with Crippen LogP contribution in [0.25, 0.3) is 0 Å². The number of piperidine rings is 1. The predicted octanol–water partition coefficient (Wildman–Crippen LogP) is 2.64. The summed E-state index contributed by atoms with van der Waals surface area (Å²) in [6.45, 7) is 2.16. The summed E-state index contributed by atoms with van der Waals surface area (Å²) in [5.74, 6) is 1.63. The Labute approximate surface area is 149 Å². The Morgan fingerprint density at radius 1 is 1.36 bits per heavy atom. The van der Waals surface area contributed by atoms with Crippen LogP contribution in [0.4, 0.5) is 0 Å². The van der Waals surface area contributed by atoms with E-state index in [4.69, 9.17) is 4.74 Å². The highest BCUT2D eigenvalue weighted by Gasteiger charge is 2.67. The molecule has 1 aromatic rings. The molecule has 1 N–H and O–H groups in total. The Morgan fingerprint density at radius 3 is 2.92 bits per heavy atom. The smallest absolute Gasteiger partial charge is 0.119 e. The minimum Gasteiger partial charge on any atom is -0.497 e. The second-order valence-corrected chi connectivity index (χ2v) is 8.67. The zero-order valence-corrected chi connectivity index (χ0v) is 14.9. The molecule has 4 heteroatoms. The molecule has 0 radical (unpaired) electrons. The molecular formula is C21H26N2O2. The zero-order chi connectivity index (χ0) is 17.2. The monoisotopic (exact) mass is 338 g/mol. The van der Waals surface area contributed by atoms with Gasteiger partial charge in [-0.1, -0.05) is 6.07 Å². The molecule has 4 aliphatic rings. The van der Waals surface area contributed by atoms with Crippen LogP contribution in [0.15, 0.2) is 18.2 Å². The van der Waals surface area contributed by atoms with E-state index >= 15 is 0 Å². The second kappa shape index (κ2) is 5.22. The van der Waals surface area contributed by atoms with Crippen molar-refractivity contribution >= 4 is 0 Å². The number of ether oxygens (including phenoxy) is 1. The Hall–Kier alpha value is -1.57. The van der Waals surface area contributed by atoms with Gasteiger partial charge in [0.1, 0.15) is 5.75 Å². The lowest BCUT2D eigenvalue weighted by Crippen LogP contribution is -2.69. The van der Waals surface area contributed by atoms with E-state index in [1.54, 1.807) is 7.11 Å². The number of nitrogens with zero attached hydrogens (tertiary/aromatic N) is 2. The summed E-state index contributed by atoms with van der Waals surface area (Å²) in [7, 11) is 1.70. The van der Waals surface area contributed by atoms with Crippen LogP contribution in [0, 0.1) is 23.2 Å². The summed E-state index contributed by atoms with van der Waals surface area (Å²) in [6.07, 6.45) is 5.91. The molecule has 25 heavy (non-hydrogen) atoms. The minimum atomic E-state index is -0.778. The molecule has 1 aliphatic heterocycles. The standard InChI is InChI=1S/C21H26N2O2/c1-25-17-5-4-16-8-19-21(24)11-15(12-22)10-20(21,18(16)9-17)6-7-23(19)13-14-2-3-14/h4-5,9,14-15,19,24H,2-3,6-8,10-11,13H2,1H3/t15?,19-,20-,21-/m1/s1. The van der Waals surface area contributed by atoms with Crippen LogP contribution in [0.5, 0.6) is 5.75 Å². The molecule has 4 atom stereocenters. The quantitative estimate of drug-likeness (QED) is 0.920. The molecule has 1 unspecified atom stereocenters. The van der Waals surface area contributed by atoms with Gasteiger partial charge in [0.2, 0.25) is 0 Å². The Bertz CT molecular complexity index is 753. The molecule has 4 nitrogen and oxygen atoms in total. The fourth-order valence-electron chi connectivity index (χ4n) is 6.04. The zero-order valence-electron chi connectivity index (χ0n) is 14.9. The van der Waals surface area contributed by atoms with Gasteiger partial charge in [-0.25, -0.2) is 0 Å². The summed E-state index contributed by atoms with van der Waals surface area (Å²) in [6, 6.07) is 8.98. The van der Waals surface area contributed by atoms with Crippen LogP contribution in [0.1, 0.15) is 43.2 Å². The van der Waals surface area contributed by atoms with E-state index in [9.17, 15) is 10.4 Å². The van der Waals surface area contributed by atoms with Crippen molar-refractivity contribution in [1.29, 1.82) is 5.26 Å². The van der Waals surface area contributed by atoms with Crippen molar-refractivity contribution in [2.75, 3.05) is 20.2 Å². The lowest BCUT2D eigenvalue weighted by molar-refractivity contribution is -0.131. The van der Waals surface area contributed by atoms with Crippen molar-refractivity contribution in [3.8, 4) is 11.8 Å². The van der Waals surface area contributed by atoms with Gasteiger partial charge < -0.3 is 9.84 Å². The second-order valence-electron chi connectivity index (χ2n) is 8.67. The number of rotatable bonds is 3. The number of likely N-dealkylation sites (tertiary alicyclic amines) is 1. The number of methoxy groups -OCH3 is 1. The highest BCUT2D eigenvalue weighted by molar-refractivity contribution is 5.49. The van der Waals surface area contributed by atoms with Gasteiger partial charge in [0.05, 0.1) is 24.7 Å². The van der Waals surface area contributed by atoms with Gasteiger partial charge in [0.25, 0.3) is 0 Å². The van der Waals surface area contributed by atoms with Crippen molar-refractivity contribution in [2.24, 2.45) is 11.8 Å². The molecule has 132 valence electrons. The van der Waals surface area contributed by atoms with Crippen molar-refractivity contribution in [3.63, 3.8) is 0 Å². The van der Waals surface area contributed by atoms with E-state index in [0.29, 0.717) is 6.42 Å². The van der Waals surface area contributed by atoms with Crippen LogP contribution < -0.4 is 4.74 Å². The molecule has 0 amide bonds. The SMILES string of the molecule is COc1ccc2c(c1)[C@]13CCN(CC4CC4)[C@H](C2)[C@]1(O)CC(C#N)C3. The first-order valence-electron chi connectivity index (χ1n) is 9.63. The molecule has 0 spiro atoms. The van der Waals surface area contributed by atoms with Crippen molar-refractivity contribution in [3.05, 3.63) is 29.3 Å². The molecule has 5 rings (SSSR count). The van der Waals surface area contributed by atoms with E-state index in [0.717, 1.165) is 44.0 Å². The van der Waals surface area contributed by atoms with E-state index in [1.807, 2.05) is 6.07 Å². The number of hydrogen-bond acceptors (Lipinski definition) is 4. The fourth-order valence-corrected chi connectivity index (χ4v) is 6.04. The van der Waals surface area contributed by atoms with E-state index in [2.05, 4.69) is 23.1 Å². The summed E-state index contributed by atoms with van der Waals surface area (Å²) >= 11 is 0. The average Bonchev–Trinajstić information content (AvgIpc) is 3.37. The molecular weight excluding hydrogens is 312 g/mol. The Kier molecular flexibility index (Phi) is 3.27. The van der Waals surface area contributed by atoms with Crippen LogP contribution >= 0.6 is 0 Å². The van der Waals surface area contributed by atoms with Gasteiger partial charge >= 0.3 is 0 Å². The van der Waals surface area contributed by atoms with Gasteiger partial charge in [0.15, 0.2) is 0 Å². The maximum Gasteiger partial charge on any atom is 0.119 e. The summed E-state index contributed by atoms with van der Waals surface area (Å²) in [5, 5.41) is 21.6. The van der Waals surface area contributed by atoms with Gasteiger partial charge in [0, 0.05) is 18.0 Å². The highest BCUT2D eigenvalue weighted by atomic mass is 16.5. The number of benzene rings is 1. The van der Waals surface area contributed by atoms with Crippen LogP contribution in [-0.2, 0) is 11.8 Å². The van der Waals surface area contributed by atoms with Crippen LogP contribution in [0.2, 0.25) is 0 Å². The number of hydrogen-bond donors (Lipinski definition) is 1. The molecule has 1 heterocycles. The van der Waals surface area contributed by atoms with Crippen LogP contribution in [-0.4, -0.2) is 41.8 Å². The largest absolute Gasteiger partial charge is 0.497 e. The summed E-state index contributed by atoms with van der Waals surface area (Å²) in [4.78, 5) is 2.54. The predicted molar refractivity (Wildman–Crippen MR) is 94.4 cm³/mol. The molecule has 0 aromatic heterocycles. The minimum absolute atomic E-state index is 0.0504. The number of nitriles is 1. The van der Waals surface area contributed by atoms with Gasteiger partial charge in [-0.2, -0.15) is 5.26 Å². The van der Waals surface area contributed by atoms with E-state index < -0.39 is 5.60 Å². The number of aliphatic hydroxyl groups is 1. The van der Waals surface area contributed by atoms with E-state index in [1.165, 1.54) is 24.0 Å². The molecule has 3 aliphatic carbocycles. The Morgan fingerprint density at radius 2 is 2.20 bits per heavy atom. The normalized spacial score (nSPS) is 39.4. The van der Waals surface area contributed by atoms with Crippen molar-refractivity contribution < 1.29 is 9.84 Å². The molecule has 2 saturated carbocycles. The van der Waals surface area contributed by atoms with E-state index in [-0.39, 0.29) is 17.4 Å². The van der Waals surface area contributed by atoms with Crippen LogP contribution in [0.3, 0.4) is 0 Å². The third-order valence-electron chi connectivity index (χ3n) is 7.42. The van der Waals surface area contributed by atoms with Gasteiger partial charge in [-0.3, -0.25) is 4.90 Å². The highest BCUT2D eigenvalue weighted by Crippen LogP contribution is 2.61. The van der Waals surface area contributed by atoms with Gasteiger partial charge in [-0.15, -0.1) is 0 Å². The van der Waals surface area contributed by atoms with Gasteiger partial charge in [-0.05, 0) is 74.2 Å². The first-order valence-corrected chi connectivity index (χ1v) is 9.63. The first kappa shape index (κ1) is 15.7. The summed E-state index contributed by atoms with van der Waals surface area (Å²) in [5.41, 5.74) is 1.53. The lowest BCUT2D eigenvalue weighted by Gasteiger charge is -2.59. The molecule has 1 saturated heterocycles.